The summed E-state index contributed by atoms with van der Waals surface area (Å²) in [4.78, 5) is 35.7. The maximum atomic E-state index is 12.5. The number of carbonyl (C=O) groups excluding carboxylic acids is 3. The van der Waals surface area contributed by atoms with E-state index in [2.05, 4.69) is 10.1 Å². The van der Waals surface area contributed by atoms with Gasteiger partial charge in [-0.15, -0.1) is 0 Å². The standard InChI is InChI=1S/C19H23NO5/c1-24-17(21)11-25-16-7-5-15(6-8-16)20-19(23)14-9-12-3-2-4-13(10-14)18(12)22/h5-8,12-14H,2-4,9-11H2,1H3,(H,20,23). The molecule has 2 bridgehead atoms. The summed E-state index contributed by atoms with van der Waals surface area (Å²) >= 11 is 0. The third-order valence-electron chi connectivity index (χ3n) is 5.12. The maximum Gasteiger partial charge on any atom is 0.343 e. The molecule has 3 rings (SSSR count). The summed E-state index contributed by atoms with van der Waals surface area (Å²) < 4.78 is 9.78. The molecule has 0 heterocycles. The smallest absolute Gasteiger partial charge is 0.343 e. The van der Waals surface area contributed by atoms with Crippen LogP contribution in [0, 0.1) is 17.8 Å². The SMILES string of the molecule is COC(=O)COc1ccc(NC(=O)C2CC3CCCC(C2)C3=O)cc1. The molecular weight excluding hydrogens is 322 g/mol. The van der Waals surface area contributed by atoms with Crippen molar-refractivity contribution in [1.82, 2.24) is 0 Å². The van der Waals surface area contributed by atoms with Crippen LogP contribution in [0.1, 0.15) is 32.1 Å². The molecule has 2 aliphatic rings. The van der Waals surface area contributed by atoms with E-state index in [1.165, 1.54) is 7.11 Å². The highest BCUT2D eigenvalue weighted by Crippen LogP contribution is 2.40. The van der Waals surface area contributed by atoms with Gasteiger partial charge in [0.1, 0.15) is 11.5 Å². The van der Waals surface area contributed by atoms with Gasteiger partial charge < -0.3 is 14.8 Å². The Balaban J connectivity index is 1.54. The van der Waals surface area contributed by atoms with Crippen LogP contribution in [-0.4, -0.2) is 31.4 Å². The van der Waals surface area contributed by atoms with Crippen molar-refractivity contribution in [3.8, 4) is 5.75 Å². The molecule has 25 heavy (non-hydrogen) atoms. The van der Waals surface area contributed by atoms with Crippen LogP contribution in [-0.2, 0) is 19.1 Å². The Labute approximate surface area is 146 Å². The molecule has 1 aromatic carbocycles. The second-order valence-corrected chi connectivity index (χ2v) is 6.77. The molecule has 6 nitrogen and oxygen atoms in total. The molecule has 1 aromatic rings. The Morgan fingerprint density at radius 2 is 1.76 bits per heavy atom. The number of hydrogen-bond acceptors (Lipinski definition) is 5. The summed E-state index contributed by atoms with van der Waals surface area (Å²) in [5.41, 5.74) is 0.678. The maximum absolute atomic E-state index is 12.5. The summed E-state index contributed by atoms with van der Waals surface area (Å²) in [5.74, 6) is 0.462. The third kappa shape index (κ3) is 4.18. The van der Waals surface area contributed by atoms with Crippen LogP contribution < -0.4 is 10.1 Å². The van der Waals surface area contributed by atoms with Crippen LogP contribution in [0.15, 0.2) is 24.3 Å². The average Bonchev–Trinajstić information content (AvgIpc) is 2.60. The van der Waals surface area contributed by atoms with Crippen molar-refractivity contribution in [2.45, 2.75) is 32.1 Å². The number of methoxy groups -OCH3 is 1. The first-order valence-corrected chi connectivity index (χ1v) is 8.71. The number of Topliss-reactive ketones (excluding diaryl/α,β-unsaturated/α-hetero) is 1. The van der Waals surface area contributed by atoms with Gasteiger partial charge in [-0.2, -0.15) is 0 Å². The topological polar surface area (TPSA) is 81.7 Å². The minimum absolute atomic E-state index is 0.0207. The van der Waals surface area contributed by atoms with Crippen LogP contribution >= 0.6 is 0 Å². The Bertz CT molecular complexity index is 638. The van der Waals surface area contributed by atoms with Gasteiger partial charge in [-0.05, 0) is 49.9 Å². The van der Waals surface area contributed by atoms with E-state index in [-0.39, 0.29) is 30.3 Å². The fourth-order valence-electron chi connectivity index (χ4n) is 3.77. The van der Waals surface area contributed by atoms with Crippen molar-refractivity contribution < 1.29 is 23.9 Å². The molecule has 0 saturated heterocycles. The van der Waals surface area contributed by atoms with E-state index in [1.54, 1.807) is 24.3 Å². The Kier molecular flexibility index (Phi) is 5.36. The first-order chi connectivity index (χ1) is 12.1. The largest absolute Gasteiger partial charge is 0.482 e. The van der Waals surface area contributed by atoms with E-state index in [4.69, 9.17) is 4.74 Å². The molecule has 2 atom stereocenters. The average molecular weight is 345 g/mol. The highest BCUT2D eigenvalue weighted by molar-refractivity contribution is 5.95. The summed E-state index contributed by atoms with van der Waals surface area (Å²) in [5, 5.41) is 2.92. The Morgan fingerprint density at radius 1 is 1.12 bits per heavy atom. The van der Waals surface area contributed by atoms with E-state index in [1.807, 2.05) is 0 Å². The molecule has 1 N–H and O–H groups in total. The quantitative estimate of drug-likeness (QED) is 0.830. The second kappa shape index (κ2) is 7.68. The lowest BCUT2D eigenvalue weighted by Crippen LogP contribution is -2.40. The molecule has 2 saturated carbocycles. The zero-order valence-electron chi connectivity index (χ0n) is 14.3. The van der Waals surface area contributed by atoms with Gasteiger partial charge in [-0.1, -0.05) is 6.42 Å². The lowest BCUT2D eigenvalue weighted by molar-refractivity contribution is -0.143. The molecule has 6 heteroatoms. The zero-order chi connectivity index (χ0) is 17.8. The highest BCUT2D eigenvalue weighted by atomic mass is 16.6. The van der Waals surface area contributed by atoms with Gasteiger partial charge in [0.15, 0.2) is 6.61 Å². The number of benzene rings is 1. The normalized spacial score (nSPS) is 25.2. The number of anilines is 1. The molecule has 1 amide bonds. The molecule has 2 aliphatic carbocycles. The lowest BCUT2D eigenvalue weighted by atomic mass is 9.67. The molecule has 134 valence electrons. The summed E-state index contributed by atoms with van der Waals surface area (Å²) in [7, 11) is 1.30. The fraction of sp³-hybridized carbons (Fsp3) is 0.526. The summed E-state index contributed by atoms with van der Waals surface area (Å²) in [6.07, 6.45) is 4.28. The van der Waals surface area contributed by atoms with Crippen molar-refractivity contribution in [2.24, 2.45) is 17.8 Å². The van der Waals surface area contributed by atoms with Crippen LogP contribution in [0.25, 0.3) is 0 Å². The predicted molar refractivity (Wildman–Crippen MR) is 91.1 cm³/mol. The molecule has 0 aliphatic heterocycles. The minimum Gasteiger partial charge on any atom is -0.482 e. The molecule has 0 spiro atoms. The monoisotopic (exact) mass is 345 g/mol. The van der Waals surface area contributed by atoms with Gasteiger partial charge in [0.2, 0.25) is 5.91 Å². The molecule has 2 unspecified atom stereocenters. The van der Waals surface area contributed by atoms with Crippen molar-refractivity contribution in [3.63, 3.8) is 0 Å². The number of ketones is 1. The number of nitrogens with one attached hydrogen (secondary N) is 1. The zero-order valence-corrected chi connectivity index (χ0v) is 14.3. The minimum atomic E-state index is -0.449. The van der Waals surface area contributed by atoms with Crippen molar-refractivity contribution in [3.05, 3.63) is 24.3 Å². The number of carbonyl (C=O) groups is 3. The summed E-state index contributed by atoms with van der Waals surface area (Å²) in [6, 6.07) is 6.86. The van der Waals surface area contributed by atoms with E-state index in [9.17, 15) is 14.4 Å². The summed E-state index contributed by atoms with van der Waals surface area (Å²) in [6.45, 7) is -0.152. The first-order valence-electron chi connectivity index (χ1n) is 8.71. The van der Waals surface area contributed by atoms with Crippen molar-refractivity contribution in [1.29, 1.82) is 0 Å². The molecule has 0 radical (unpaired) electrons. The third-order valence-corrected chi connectivity index (χ3v) is 5.12. The number of esters is 1. The first kappa shape index (κ1) is 17.5. The van der Waals surface area contributed by atoms with Gasteiger partial charge in [0.25, 0.3) is 0 Å². The van der Waals surface area contributed by atoms with E-state index < -0.39 is 5.97 Å². The van der Waals surface area contributed by atoms with Crippen LogP contribution in [0.3, 0.4) is 0 Å². The Morgan fingerprint density at radius 3 is 2.36 bits per heavy atom. The number of fused-ring (bicyclic) bond motifs is 2. The van der Waals surface area contributed by atoms with E-state index in [0.29, 0.717) is 30.1 Å². The molecule has 2 fully saturated rings. The van der Waals surface area contributed by atoms with Crippen LogP contribution in [0.5, 0.6) is 5.75 Å². The number of rotatable bonds is 5. The molecular formula is C19H23NO5. The van der Waals surface area contributed by atoms with E-state index >= 15 is 0 Å². The lowest BCUT2D eigenvalue weighted by Gasteiger charge is -2.36. The van der Waals surface area contributed by atoms with Crippen LogP contribution in [0.2, 0.25) is 0 Å². The fourth-order valence-corrected chi connectivity index (χ4v) is 3.77. The number of ether oxygens (including phenoxy) is 2. The highest BCUT2D eigenvalue weighted by Gasteiger charge is 2.41. The molecule has 0 aromatic heterocycles. The van der Waals surface area contributed by atoms with Gasteiger partial charge in [0, 0.05) is 23.4 Å². The van der Waals surface area contributed by atoms with Gasteiger partial charge >= 0.3 is 5.97 Å². The van der Waals surface area contributed by atoms with Crippen molar-refractivity contribution >= 4 is 23.3 Å². The number of hydrogen-bond donors (Lipinski definition) is 1. The number of amides is 1. The van der Waals surface area contributed by atoms with E-state index in [0.717, 1.165) is 19.3 Å². The van der Waals surface area contributed by atoms with Gasteiger partial charge in [0.05, 0.1) is 7.11 Å². The Hall–Kier alpha value is -2.37. The second-order valence-electron chi connectivity index (χ2n) is 6.77. The van der Waals surface area contributed by atoms with Gasteiger partial charge in [-0.3, -0.25) is 9.59 Å². The van der Waals surface area contributed by atoms with Gasteiger partial charge in [-0.25, -0.2) is 4.79 Å². The predicted octanol–water partition coefficient (Wildman–Crippen LogP) is 2.57. The van der Waals surface area contributed by atoms with Crippen LogP contribution in [0.4, 0.5) is 5.69 Å². The van der Waals surface area contributed by atoms with Crippen molar-refractivity contribution in [2.75, 3.05) is 19.0 Å².